The normalized spacial score (nSPS) is 29.8. The molecule has 0 saturated heterocycles. The Hall–Kier alpha value is -0.410. The highest BCUT2D eigenvalue weighted by Crippen LogP contribution is 2.38. The average molecular weight is 264 g/mol. The monoisotopic (exact) mass is 264 g/mol. The first-order chi connectivity index (χ1) is 8.86. The molecule has 2 aliphatic rings. The first-order valence-corrected chi connectivity index (χ1v) is 8.37. The van der Waals surface area contributed by atoms with Crippen molar-refractivity contribution >= 4 is 11.3 Å². The Morgan fingerprint density at radius 2 is 1.78 bits per heavy atom. The second-order valence-corrected chi connectivity index (χ2v) is 6.82. The Balaban J connectivity index is 1.62. The molecular formula is C15H24N2S. The molecule has 1 N–H and O–H groups in total. The zero-order valence-corrected chi connectivity index (χ0v) is 12.1. The number of nitrogens with zero attached hydrogens (tertiary/aromatic N) is 1. The van der Waals surface area contributed by atoms with Crippen molar-refractivity contribution in [1.29, 1.82) is 0 Å². The van der Waals surface area contributed by atoms with Crippen LogP contribution in [0.4, 0.5) is 0 Å². The molecule has 0 aromatic carbocycles. The maximum atomic E-state index is 4.96. The molecule has 1 aromatic rings. The highest BCUT2D eigenvalue weighted by molar-refractivity contribution is 7.09. The van der Waals surface area contributed by atoms with Crippen molar-refractivity contribution in [2.75, 3.05) is 7.05 Å². The van der Waals surface area contributed by atoms with E-state index in [-0.39, 0.29) is 0 Å². The van der Waals surface area contributed by atoms with Gasteiger partial charge in [0.15, 0.2) is 0 Å². The molecule has 18 heavy (non-hydrogen) atoms. The molecule has 3 heteroatoms. The van der Waals surface area contributed by atoms with Gasteiger partial charge in [0.1, 0.15) is 0 Å². The second-order valence-electron chi connectivity index (χ2n) is 5.93. The molecular weight excluding hydrogens is 240 g/mol. The van der Waals surface area contributed by atoms with Crippen molar-refractivity contribution in [2.24, 2.45) is 0 Å². The van der Waals surface area contributed by atoms with Crippen molar-refractivity contribution in [3.05, 3.63) is 16.1 Å². The average Bonchev–Trinajstić information content (AvgIpc) is 3.09. The summed E-state index contributed by atoms with van der Waals surface area (Å²) in [4.78, 5) is 4.96. The highest BCUT2D eigenvalue weighted by Gasteiger charge is 2.25. The lowest BCUT2D eigenvalue weighted by atomic mass is 9.86. The molecule has 0 radical (unpaired) electrons. The molecule has 0 unspecified atom stereocenters. The summed E-state index contributed by atoms with van der Waals surface area (Å²) in [6.45, 7) is 0. The summed E-state index contributed by atoms with van der Waals surface area (Å²) in [5, 5.41) is 7.17. The lowest BCUT2D eigenvalue weighted by Crippen LogP contribution is -2.29. The SMILES string of the molecule is CNC1CCC(c2nc(C3CCCC3)cs2)CC1. The molecule has 0 aliphatic heterocycles. The highest BCUT2D eigenvalue weighted by atomic mass is 32.1. The standard InChI is InChI=1S/C15H24N2S/c1-16-13-8-6-12(7-9-13)15-17-14(10-18-15)11-4-2-3-5-11/h10-13,16H,2-9H2,1H3. The molecule has 2 nitrogen and oxygen atoms in total. The zero-order chi connectivity index (χ0) is 12.4. The topological polar surface area (TPSA) is 24.9 Å². The Kier molecular flexibility index (Phi) is 4.00. The van der Waals surface area contributed by atoms with Crippen LogP contribution in [0.1, 0.15) is 73.9 Å². The molecule has 1 aromatic heterocycles. The fourth-order valence-corrected chi connectivity index (χ4v) is 4.60. The molecule has 3 rings (SSSR count). The van der Waals surface area contributed by atoms with Crippen molar-refractivity contribution in [3.63, 3.8) is 0 Å². The minimum absolute atomic E-state index is 0.745. The Labute approximate surface area is 114 Å². The third-order valence-corrected chi connectivity index (χ3v) is 5.82. The van der Waals surface area contributed by atoms with Crippen LogP contribution in [-0.4, -0.2) is 18.1 Å². The molecule has 0 bridgehead atoms. The van der Waals surface area contributed by atoms with Gasteiger partial charge < -0.3 is 5.32 Å². The van der Waals surface area contributed by atoms with E-state index in [0.717, 1.165) is 17.9 Å². The number of hydrogen-bond donors (Lipinski definition) is 1. The molecule has 2 fully saturated rings. The number of rotatable bonds is 3. The van der Waals surface area contributed by atoms with Gasteiger partial charge in [0.05, 0.1) is 10.7 Å². The van der Waals surface area contributed by atoms with E-state index >= 15 is 0 Å². The van der Waals surface area contributed by atoms with Crippen LogP contribution in [0.15, 0.2) is 5.38 Å². The summed E-state index contributed by atoms with van der Waals surface area (Å²) in [5.74, 6) is 1.53. The minimum Gasteiger partial charge on any atom is -0.317 e. The number of hydrogen-bond acceptors (Lipinski definition) is 3. The molecule has 2 aliphatic carbocycles. The Morgan fingerprint density at radius 1 is 1.06 bits per heavy atom. The third-order valence-electron chi connectivity index (χ3n) is 4.80. The first-order valence-electron chi connectivity index (χ1n) is 7.49. The van der Waals surface area contributed by atoms with Gasteiger partial charge in [0.2, 0.25) is 0 Å². The first kappa shape index (κ1) is 12.6. The van der Waals surface area contributed by atoms with Crippen molar-refractivity contribution < 1.29 is 0 Å². The molecule has 0 spiro atoms. The fourth-order valence-electron chi connectivity index (χ4n) is 3.53. The van der Waals surface area contributed by atoms with Gasteiger partial charge in [-0.3, -0.25) is 0 Å². The summed E-state index contributed by atoms with van der Waals surface area (Å²) >= 11 is 1.92. The van der Waals surface area contributed by atoms with Crippen LogP contribution in [0.2, 0.25) is 0 Å². The van der Waals surface area contributed by atoms with Crippen molar-refractivity contribution in [2.45, 2.75) is 69.2 Å². The van der Waals surface area contributed by atoms with E-state index in [1.165, 1.54) is 62.1 Å². The van der Waals surface area contributed by atoms with Crippen LogP contribution < -0.4 is 5.32 Å². The third kappa shape index (κ3) is 2.62. The fraction of sp³-hybridized carbons (Fsp3) is 0.800. The van der Waals surface area contributed by atoms with Gasteiger partial charge in [-0.25, -0.2) is 4.98 Å². The zero-order valence-electron chi connectivity index (χ0n) is 11.3. The van der Waals surface area contributed by atoms with E-state index in [1.54, 1.807) is 0 Å². The van der Waals surface area contributed by atoms with E-state index in [1.807, 2.05) is 11.3 Å². The molecule has 1 heterocycles. The van der Waals surface area contributed by atoms with Crippen molar-refractivity contribution in [3.8, 4) is 0 Å². The van der Waals surface area contributed by atoms with E-state index in [0.29, 0.717) is 0 Å². The Morgan fingerprint density at radius 3 is 2.44 bits per heavy atom. The minimum atomic E-state index is 0.745. The van der Waals surface area contributed by atoms with Gasteiger partial charge in [-0.1, -0.05) is 12.8 Å². The Bertz CT molecular complexity index is 374. The molecule has 100 valence electrons. The van der Waals surface area contributed by atoms with Gasteiger partial charge in [0.25, 0.3) is 0 Å². The van der Waals surface area contributed by atoms with Gasteiger partial charge in [-0.2, -0.15) is 0 Å². The van der Waals surface area contributed by atoms with E-state index in [4.69, 9.17) is 4.98 Å². The maximum absolute atomic E-state index is 4.96. The van der Waals surface area contributed by atoms with Crippen LogP contribution in [0.3, 0.4) is 0 Å². The summed E-state index contributed by atoms with van der Waals surface area (Å²) in [5.41, 5.74) is 1.41. The van der Waals surface area contributed by atoms with Crippen LogP contribution in [0.25, 0.3) is 0 Å². The van der Waals surface area contributed by atoms with Gasteiger partial charge in [0, 0.05) is 23.3 Å². The smallest absolute Gasteiger partial charge is 0.0959 e. The molecule has 2 saturated carbocycles. The lowest BCUT2D eigenvalue weighted by Gasteiger charge is -2.26. The van der Waals surface area contributed by atoms with Gasteiger partial charge in [-0.05, 0) is 45.6 Å². The summed E-state index contributed by atoms with van der Waals surface area (Å²) in [6, 6.07) is 0.746. The van der Waals surface area contributed by atoms with Crippen LogP contribution in [0, 0.1) is 0 Å². The second kappa shape index (κ2) is 5.70. The lowest BCUT2D eigenvalue weighted by molar-refractivity contribution is 0.358. The summed E-state index contributed by atoms with van der Waals surface area (Å²) in [7, 11) is 2.09. The number of nitrogens with one attached hydrogen (secondary N) is 1. The van der Waals surface area contributed by atoms with Crippen LogP contribution in [-0.2, 0) is 0 Å². The maximum Gasteiger partial charge on any atom is 0.0959 e. The van der Waals surface area contributed by atoms with E-state index in [2.05, 4.69) is 17.7 Å². The molecule has 0 amide bonds. The van der Waals surface area contributed by atoms with Crippen LogP contribution >= 0.6 is 11.3 Å². The summed E-state index contributed by atoms with van der Waals surface area (Å²) in [6.07, 6.45) is 10.8. The largest absolute Gasteiger partial charge is 0.317 e. The van der Waals surface area contributed by atoms with Gasteiger partial charge in [-0.15, -0.1) is 11.3 Å². The predicted octanol–water partition coefficient (Wildman–Crippen LogP) is 4.05. The van der Waals surface area contributed by atoms with E-state index in [9.17, 15) is 0 Å². The predicted molar refractivity (Wildman–Crippen MR) is 77.4 cm³/mol. The van der Waals surface area contributed by atoms with Gasteiger partial charge >= 0.3 is 0 Å². The van der Waals surface area contributed by atoms with Crippen LogP contribution in [0.5, 0.6) is 0 Å². The number of aromatic nitrogens is 1. The van der Waals surface area contributed by atoms with E-state index < -0.39 is 0 Å². The quantitative estimate of drug-likeness (QED) is 0.891. The molecule has 0 atom stereocenters. The number of thiazole rings is 1. The van der Waals surface area contributed by atoms with Crippen molar-refractivity contribution in [1.82, 2.24) is 10.3 Å². The summed E-state index contributed by atoms with van der Waals surface area (Å²) < 4.78 is 0.